The molecule has 1 amide bonds. The number of aryl methyl sites for hydroxylation is 1. The van der Waals surface area contributed by atoms with E-state index in [0.717, 1.165) is 10.9 Å². The second-order valence-electron chi connectivity index (χ2n) is 5.81. The van der Waals surface area contributed by atoms with Crippen molar-refractivity contribution in [3.05, 3.63) is 63.8 Å². The Morgan fingerprint density at radius 2 is 1.89 bits per heavy atom. The molecule has 3 aromatic rings. The zero-order valence-corrected chi connectivity index (χ0v) is 16.5. The Labute approximate surface area is 164 Å². The molecular formula is C20H18BrNO5. The largest absolute Gasteiger partial charge is 0.492 e. The molecular weight excluding hydrogens is 414 g/mol. The minimum Gasteiger partial charge on any atom is -0.492 e. The number of amides is 1. The molecule has 0 spiro atoms. The number of fused-ring (bicyclic) bond motifs is 1. The molecule has 0 fully saturated rings. The van der Waals surface area contributed by atoms with Gasteiger partial charge in [0.15, 0.2) is 0 Å². The number of rotatable bonds is 6. The highest BCUT2D eigenvalue weighted by Crippen LogP contribution is 2.33. The van der Waals surface area contributed by atoms with Crippen LogP contribution in [0.4, 0.5) is 0 Å². The Morgan fingerprint density at radius 3 is 2.56 bits per heavy atom. The average molecular weight is 432 g/mol. The fraction of sp³-hybridized carbons (Fsp3) is 0.200. The monoisotopic (exact) mass is 431 g/mol. The van der Waals surface area contributed by atoms with Crippen molar-refractivity contribution in [2.45, 2.75) is 6.92 Å². The van der Waals surface area contributed by atoms with E-state index < -0.39 is 5.97 Å². The van der Waals surface area contributed by atoms with Gasteiger partial charge in [0.1, 0.15) is 17.9 Å². The molecule has 140 valence electrons. The Balaban J connectivity index is 1.55. The Bertz CT molecular complexity index is 978. The molecule has 0 aliphatic rings. The summed E-state index contributed by atoms with van der Waals surface area (Å²) in [6.45, 7) is 2.55. The SMILES string of the molecule is COC(=O)c1ccc(OCCNC(=O)c2oc3cccc(C)c3c2Br)cc1. The van der Waals surface area contributed by atoms with E-state index in [2.05, 4.69) is 26.0 Å². The molecule has 1 heterocycles. The minimum atomic E-state index is -0.402. The van der Waals surface area contributed by atoms with E-state index in [4.69, 9.17) is 9.15 Å². The maximum atomic E-state index is 12.4. The van der Waals surface area contributed by atoms with Crippen molar-refractivity contribution in [2.24, 2.45) is 0 Å². The molecule has 2 aromatic carbocycles. The van der Waals surface area contributed by atoms with E-state index in [-0.39, 0.29) is 18.3 Å². The fourth-order valence-electron chi connectivity index (χ4n) is 2.64. The first-order chi connectivity index (χ1) is 13.0. The van der Waals surface area contributed by atoms with Gasteiger partial charge in [0.25, 0.3) is 5.91 Å². The van der Waals surface area contributed by atoms with Crippen LogP contribution in [0.5, 0.6) is 5.75 Å². The van der Waals surface area contributed by atoms with Gasteiger partial charge in [-0.2, -0.15) is 0 Å². The molecule has 0 radical (unpaired) electrons. The van der Waals surface area contributed by atoms with Crippen molar-refractivity contribution in [3.8, 4) is 5.75 Å². The highest BCUT2D eigenvalue weighted by molar-refractivity contribution is 9.10. The molecule has 0 saturated heterocycles. The van der Waals surface area contributed by atoms with E-state index in [9.17, 15) is 9.59 Å². The minimum absolute atomic E-state index is 0.238. The summed E-state index contributed by atoms with van der Waals surface area (Å²) in [4.78, 5) is 23.8. The van der Waals surface area contributed by atoms with Crippen molar-refractivity contribution in [3.63, 3.8) is 0 Å². The zero-order valence-electron chi connectivity index (χ0n) is 14.9. The Kier molecular flexibility index (Phi) is 5.81. The molecule has 6 nitrogen and oxygen atoms in total. The van der Waals surface area contributed by atoms with Crippen LogP contribution in [0.1, 0.15) is 26.5 Å². The topological polar surface area (TPSA) is 77.8 Å². The maximum Gasteiger partial charge on any atom is 0.337 e. The summed E-state index contributed by atoms with van der Waals surface area (Å²) in [5.41, 5.74) is 2.14. The lowest BCUT2D eigenvalue weighted by molar-refractivity contribution is 0.0600. The summed E-state index contributed by atoms with van der Waals surface area (Å²) in [6, 6.07) is 12.3. The van der Waals surface area contributed by atoms with Crippen molar-refractivity contribution in [1.29, 1.82) is 0 Å². The molecule has 27 heavy (non-hydrogen) atoms. The number of esters is 1. The lowest BCUT2D eigenvalue weighted by Gasteiger charge is -2.07. The van der Waals surface area contributed by atoms with Crippen LogP contribution in [0.25, 0.3) is 11.0 Å². The normalized spacial score (nSPS) is 10.6. The maximum absolute atomic E-state index is 12.4. The van der Waals surface area contributed by atoms with Crippen molar-refractivity contribution in [1.82, 2.24) is 5.32 Å². The number of ether oxygens (including phenoxy) is 2. The van der Waals surface area contributed by atoms with E-state index in [1.54, 1.807) is 24.3 Å². The second kappa shape index (κ2) is 8.26. The van der Waals surface area contributed by atoms with Crippen molar-refractivity contribution >= 4 is 38.8 Å². The predicted molar refractivity (Wildman–Crippen MR) is 104 cm³/mol. The standard InChI is InChI=1S/C20H18BrNO5/c1-12-4-3-5-15-16(12)17(21)18(27-15)19(23)22-10-11-26-14-8-6-13(7-9-14)20(24)25-2/h3-9H,10-11H2,1-2H3,(H,22,23). The molecule has 0 saturated carbocycles. The van der Waals surface area contributed by atoms with Crippen LogP contribution in [0.15, 0.2) is 51.4 Å². The van der Waals surface area contributed by atoms with Crippen LogP contribution in [0.2, 0.25) is 0 Å². The van der Waals surface area contributed by atoms with E-state index in [1.807, 2.05) is 25.1 Å². The summed E-state index contributed by atoms with van der Waals surface area (Å²) in [5.74, 6) is 0.113. The predicted octanol–water partition coefficient (Wildman–Crippen LogP) is 4.10. The van der Waals surface area contributed by atoms with Gasteiger partial charge in [-0.25, -0.2) is 4.79 Å². The van der Waals surface area contributed by atoms with Gasteiger partial charge in [-0.3, -0.25) is 4.79 Å². The average Bonchev–Trinajstić information content (AvgIpc) is 3.03. The summed E-state index contributed by atoms with van der Waals surface area (Å²) in [6.07, 6.45) is 0. The smallest absolute Gasteiger partial charge is 0.337 e. The first-order valence-electron chi connectivity index (χ1n) is 8.28. The number of methoxy groups -OCH3 is 1. The lowest BCUT2D eigenvalue weighted by Crippen LogP contribution is -2.28. The molecule has 0 unspecified atom stereocenters. The second-order valence-corrected chi connectivity index (χ2v) is 6.61. The van der Waals surface area contributed by atoms with Gasteiger partial charge >= 0.3 is 5.97 Å². The van der Waals surface area contributed by atoms with E-state index in [1.165, 1.54) is 7.11 Å². The van der Waals surface area contributed by atoms with Crippen LogP contribution < -0.4 is 10.1 Å². The molecule has 7 heteroatoms. The number of hydrogen-bond acceptors (Lipinski definition) is 5. The molecule has 3 rings (SSSR count). The molecule has 1 N–H and O–H groups in total. The van der Waals surface area contributed by atoms with Crippen molar-refractivity contribution < 1.29 is 23.5 Å². The highest BCUT2D eigenvalue weighted by Gasteiger charge is 2.19. The summed E-state index contributed by atoms with van der Waals surface area (Å²) < 4.78 is 16.5. The third-order valence-corrected chi connectivity index (χ3v) is 4.76. The number of benzene rings is 2. The van der Waals surface area contributed by atoms with Gasteiger partial charge in [-0.1, -0.05) is 12.1 Å². The first-order valence-corrected chi connectivity index (χ1v) is 9.07. The summed E-state index contributed by atoms with van der Waals surface area (Å²) in [7, 11) is 1.33. The van der Waals surface area contributed by atoms with Gasteiger partial charge in [-0.05, 0) is 58.7 Å². The van der Waals surface area contributed by atoms with Gasteiger partial charge in [0.05, 0.1) is 23.7 Å². The molecule has 0 atom stereocenters. The zero-order chi connectivity index (χ0) is 19.4. The van der Waals surface area contributed by atoms with Crippen LogP contribution in [0, 0.1) is 6.92 Å². The molecule has 0 aliphatic carbocycles. The Morgan fingerprint density at radius 1 is 1.15 bits per heavy atom. The molecule has 1 aromatic heterocycles. The van der Waals surface area contributed by atoms with Gasteiger partial charge in [-0.15, -0.1) is 0 Å². The van der Waals surface area contributed by atoms with Gasteiger partial charge < -0.3 is 19.2 Å². The highest BCUT2D eigenvalue weighted by atomic mass is 79.9. The van der Waals surface area contributed by atoms with Crippen LogP contribution >= 0.6 is 15.9 Å². The Hall–Kier alpha value is -2.80. The third kappa shape index (κ3) is 4.14. The van der Waals surface area contributed by atoms with Gasteiger partial charge in [0.2, 0.25) is 5.76 Å². The summed E-state index contributed by atoms with van der Waals surface area (Å²) >= 11 is 3.45. The first kappa shape index (κ1) is 19.0. The van der Waals surface area contributed by atoms with Crippen LogP contribution in [-0.2, 0) is 4.74 Å². The van der Waals surface area contributed by atoms with Crippen molar-refractivity contribution in [2.75, 3.05) is 20.3 Å². The van der Waals surface area contributed by atoms with Crippen LogP contribution in [-0.4, -0.2) is 32.1 Å². The number of halogens is 1. The molecule has 0 aliphatic heterocycles. The quantitative estimate of drug-likeness (QED) is 0.469. The fourth-order valence-corrected chi connectivity index (χ4v) is 3.41. The number of hydrogen-bond donors (Lipinski definition) is 1. The number of carbonyl (C=O) groups is 2. The number of nitrogens with one attached hydrogen (secondary N) is 1. The lowest BCUT2D eigenvalue weighted by atomic mass is 10.1. The van der Waals surface area contributed by atoms with E-state index in [0.29, 0.717) is 27.9 Å². The molecule has 0 bridgehead atoms. The number of furan rings is 1. The number of carbonyl (C=O) groups excluding carboxylic acids is 2. The van der Waals surface area contributed by atoms with Crippen LogP contribution in [0.3, 0.4) is 0 Å². The van der Waals surface area contributed by atoms with E-state index >= 15 is 0 Å². The summed E-state index contributed by atoms with van der Waals surface area (Å²) in [5, 5.41) is 3.66. The third-order valence-electron chi connectivity index (χ3n) is 4.00. The van der Waals surface area contributed by atoms with Gasteiger partial charge in [0, 0.05) is 5.39 Å².